The average Bonchev–Trinajstić information content (AvgIpc) is 1.96. The summed E-state index contributed by atoms with van der Waals surface area (Å²) in [6.45, 7) is 7.42. The van der Waals surface area contributed by atoms with Crippen molar-refractivity contribution in [2.45, 2.75) is 26.4 Å². The Bertz CT molecular complexity index is 249. The molecule has 0 bridgehead atoms. The first-order valence-electron chi connectivity index (χ1n) is 4.62. The highest BCUT2D eigenvalue weighted by Gasteiger charge is 2.16. The molecule has 0 spiro atoms. The molecule has 3 N–H and O–H groups in total. The van der Waals surface area contributed by atoms with Crippen molar-refractivity contribution in [2.75, 3.05) is 25.4 Å². The molecule has 0 aliphatic carbocycles. The lowest BCUT2D eigenvalue weighted by molar-refractivity contribution is -0.00836. The highest BCUT2D eigenvalue weighted by atomic mass is 32.2. The van der Waals surface area contributed by atoms with Gasteiger partial charge in [0.15, 0.2) is 0 Å². The van der Waals surface area contributed by atoms with Gasteiger partial charge in [0.1, 0.15) is 0 Å². The molecule has 86 valence electrons. The number of ether oxygens (including phenoxy) is 1. The molecule has 0 aliphatic rings. The molecule has 0 aliphatic heterocycles. The van der Waals surface area contributed by atoms with E-state index in [9.17, 15) is 8.42 Å². The summed E-state index contributed by atoms with van der Waals surface area (Å²) in [4.78, 5) is 0. The number of hydrogen-bond donors (Lipinski definition) is 2. The first-order valence-corrected chi connectivity index (χ1v) is 6.33. The van der Waals surface area contributed by atoms with Gasteiger partial charge >= 0.3 is 0 Å². The number of nitrogens with two attached hydrogens (primary N) is 1. The van der Waals surface area contributed by atoms with Crippen LogP contribution in [0.1, 0.15) is 20.8 Å². The number of rotatable bonds is 7. The van der Waals surface area contributed by atoms with Gasteiger partial charge in [0.05, 0.1) is 11.4 Å². The summed E-state index contributed by atoms with van der Waals surface area (Å²) in [5, 5.41) is 7.83. The summed E-state index contributed by atoms with van der Waals surface area (Å²) in [6.07, 6.45) is 0. The van der Waals surface area contributed by atoms with Crippen LogP contribution in [0.3, 0.4) is 0 Å². The second-order valence-electron chi connectivity index (χ2n) is 3.74. The third-order valence-corrected chi connectivity index (χ3v) is 2.42. The van der Waals surface area contributed by atoms with E-state index >= 15 is 0 Å². The lowest BCUT2D eigenvalue weighted by Crippen LogP contribution is -2.40. The smallest absolute Gasteiger partial charge is 0.210 e. The van der Waals surface area contributed by atoms with E-state index in [4.69, 9.17) is 9.88 Å². The summed E-state index contributed by atoms with van der Waals surface area (Å²) >= 11 is 0. The Morgan fingerprint density at radius 1 is 1.43 bits per heavy atom. The van der Waals surface area contributed by atoms with E-state index in [1.807, 2.05) is 20.8 Å². The molecule has 0 aromatic heterocycles. The number of primary sulfonamides is 1. The van der Waals surface area contributed by atoms with Crippen molar-refractivity contribution in [3.05, 3.63) is 0 Å². The maximum atomic E-state index is 10.6. The van der Waals surface area contributed by atoms with Crippen LogP contribution in [-0.4, -0.2) is 39.5 Å². The summed E-state index contributed by atoms with van der Waals surface area (Å²) in [5.41, 5.74) is -0.271. The quantitative estimate of drug-likeness (QED) is 0.581. The standard InChI is InChI=1S/C8H20N2O3S/c1-4-13-8(2,3)7-10-5-6-14(9,11)12/h10H,4-7H2,1-3H3,(H2,9,11,12). The molecule has 0 amide bonds. The van der Waals surface area contributed by atoms with Gasteiger partial charge < -0.3 is 10.1 Å². The van der Waals surface area contributed by atoms with Gasteiger partial charge in [-0.2, -0.15) is 0 Å². The fourth-order valence-electron chi connectivity index (χ4n) is 1.05. The van der Waals surface area contributed by atoms with Gasteiger partial charge in [-0.1, -0.05) is 0 Å². The molecule has 0 atom stereocenters. The van der Waals surface area contributed by atoms with E-state index in [0.717, 1.165) is 0 Å². The van der Waals surface area contributed by atoms with E-state index in [2.05, 4.69) is 5.32 Å². The third kappa shape index (κ3) is 8.43. The number of hydrogen-bond acceptors (Lipinski definition) is 4. The van der Waals surface area contributed by atoms with Crippen molar-refractivity contribution in [1.29, 1.82) is 0 Å². The molecule has 0 fully saturated rings. The topological polar surface area (TPSA) is 81.4 Å². The van der Waals surface area contributed by atoms with Gasteiger partial charge in [-0.15, -0.1) is 0 Å². The minimum atomic E-state index is -3.36. The van der Waals surface area contributed by atoms with Crippen LogP contribution in [-0.2, 0) is 14.8 Å². The van der Waals surface area contributed by atoms with Crippen LogP contribution in [0.2, 0.25) is 0 Å². The molecule has 0 saturated carbocycles. The van der Waals surface area contributed by atoms with Gasteiger partial charge in [-0.3, -0.25) is 0 Å². The Hall–Kier alpha value is -0.170. The highest BCUT2D eigenvalue weighted by Crippen LogP contribution is 2.06. The minimum absolute atomic E-state index is 0.0464. The summed E-state index contributed by atoms with van der Waals surface area (Å²) < 4.78 is 26.6. The minimum Gasteiger partial charge on any atom is -0.375 e. The Morgan fingerprint density at radius 3 is 2.43 bits per heavy atom. The maximum absolute atomic E-state index is 10.6. The Labute approximate surface area is 86.1 Å². The fraction of sp³-hybridized carbons (Fsp3) is 1.00. The zero-order valence-corrected chi connectivity index (χ0v) is 9.86. The Balaban J connectivity index is 3.64. The largest absolute Gasteiger partial charge is 0.375 e. The second-order valence-corrected chi connectivity index (χ2v) is 5.47. The molecule has 0 saturated heterocycles. The zero-order valence-electron chi connectivity index (χ0n) is 9.04. The van der Waals surface area contributed by atoms with Crippen LogP contribution in [0.5, 0.6) is 0 Å². The Morgan fingerprint density at radius 2 is 2.00 bits per heavy atom. The fourth-order valence-corrected chi connectivity index (χ4v) is 1.47. The number of sulfonamides is 1. The first kappa shape index (κ1) is 13.8. The summed E-state index contributed by atoms with van der Waals surface area (Å²) in [6, 6.07) is 0. The summed E-state index contributed by atoms with van der Waals surface area (Å²) in [5.74, 6) is -0.0464. The van der Waals surface area contributed by atoms with Gasteiger partial charge in [-0.25, -0.2) is 13.6 Å². The zero-order chi connectivity index (χ0) is 11.2. The molecule has 0 unspecified atom stereocenters. The lowest BCUT2D eigenvalue weighted by atomic mass is 10.1. The van der Waals surface area contributed by atoms with E-state index in [0.29, 0.717) is 19.7 Å². The van der Waals surface area contributed by atoms with Crippen LogP contribution in [0.25, 0.3) is 0 Å². The van der Waals surface area contributed by atoms with Crippen LogP contribution in [0.4, 0.5) is 0 Å². The maximum Gasteiger partial charge on any atom is 0.210 e. The monoisotopic (exact) mass is 224 g/mol. The van der Waals surface area contributed by atoms with Crippen molar-refractivity contribution < 1.29 is 13.2 Å². The average molecular weight is 224 g/mol. The molecule has 0 aromatic carbocycles. The van der Waals surface area contributed by atoms with E-state index in [-0.39, 0.29) is 11.4 Å². The molecular formula is C8H20N2O3S. The second kappa shape index (κ2) is 5.65. The predicted molar refractivity (Wildman–Crippen MR) is 56.5 cm³/mol. The van der Waals surface area contributed by atoms with Crippen LogP contribution < -0.4 is 10.5 Å². The molecule has 5 nitrogen and oxygen atoms in total. The first-order chi connectivity index (χ1) is 6.27. The molecule has 14 heavy (non-hydrogen) atoms. The summed E-state index contributed by atoms with van der Waals surface area (Å²) in [7, 11) is -3.36. The molecular weight excluding hydrogens is 204 g/mol. The lowest BCUT2D eigenvalue weighted by Gasteiger charge is -2.24. The normalized spacial score (nSPS) is 13.1. The van der Waals surface area contributed by atoms with Crippen molar-refractivity contribution in [3.8, 4) is 0 Å². The predicted octanol–water partition coefficient (Wildman–Crippen LogP) is -0.320. The van der Waals surface area contributed by atoms with Crippen molar-refractivity contribution in [2.24, 2.45) is 5.14 Å². The van der Waals surface area contributed by atoms with Crippen LogP contribution in [0.15, 0.2) is 0 Å². The van der Waals surface area contributed by atoms with Crippen molar-refractivity contribution >= 4 is 10.0 Å². The highest BCUT2D eigenvalue weighted by molar-refractivity contribution is 7.89. The van der Waals surface area contributed by atoms with Crippen LogP contribution in [0, 0.1) is 0 Å². The van der Waals surface area contributed by atoms with Gasteiger partial charge in [0, 0.05) is 19.7 Å². The van der Waals surface area contributed by atoms with E-state index < -0.39 is 10.0 Å². The van der Waals surface area contributed by atoms with E-state index in [1.54, 1.807) is 0 Å². The van der Waals surface area contributed by atoms with Crippen molar-refractivity contribution in [1.82, 2.24) is 5.32 Å². The van der Waals surface area contributed by atoms with Gasteiger partial charge in [0.2, 0.25) is 10.0 Å². The Kier molecular flexibility index (Phi) is 5.58. The molecule has 0 radical (unpaired) electrons. The molecule has 0 rings (SSSR count). The number of nitrogens with one attached hydrogen (secondary N) is 1. The van der Waals surface area contributed by atoms with Crippen molar-refractivity contribution in [3.63, 3.8) is 0 Å². The van der Waals surface area contributed by atoms with Crippen LogP contribution >= 0.6 is 0 Å². The third-order valence-electron chi connectivity index (χ3n) is 1.65. The van der Waals surface area contributed by atoms with Gasteiger partial charge in [-0.05, 0) is 20.8 Å². The van der Waals surface area contributed by atoms with Gasteiger partial charge in [0.25, 0.3) is 0 Å². The molecule has 0 heterocycles. The molecule has 0 aromatic rings. The molecule has 6 heteroatoms. The SMILES string of the molecule is CCOC(C)(C)CNCCS(N)(=O)=O. The van der Waals surface area contributed by atoms with E-state index in [1.165, 1.54) is 0 Å².